The van der Waals surface area contributed by atoms with Crippen LogP contribution < -0.4 is 5.73 Å². The second-order valence-corrected chi connectivity index (χ2v) is 5.64. The predicted octanol–water partition coefficient (Wildman–Crippen LogP) is 3.32. The van der Waals surface area contributed by atoms with Crippen molar-refractivity contribution in [1.82, 2.24) is 4.98 Å². The summed E-state index contributed by atoms with van der Waals surface area (Å²) >= 11 is 1.45. The number of hydrogen-bond donors (Lipinski definition) is 1. The molecular weight excluding hydrogens is 254 g/mol. The summed E-state index contributed by atoms with van der Waals surface area (Å²) in [5.74, 6) is -1.20. The van der Waals surface area contributed by atoms with Gasteiger partial charge in [0.05, 0.1) is 5.69 Å². The summed E-state index contributed by atoms with van der Waals surface area (Å²) in [6.07, 6.45) is 0. The van der Waals surface area contributed by atoms with Crippen LogP contribution in [0.4, 0.5) is 8.78 Å². The van der Waals surface area contributed by atoms with E-state index in [4.69, 9.17) is 5.73 Å². The van der Waals surface area contributed by atoms with Crippen molar-refractivity contribution in [3.8, 4) is 11.3 Å². The van der Waals surface area contributed by atoms with Crippen molar-refractivity contribution in [2.75, 3.05) is 6.54 Å². The van der Waals surface area contributed by atoms with Gasteiger partial charge in [-0.3, -0.25) is 0 Å². The lowest BCUT2D eigenvalue weighted by molar-refractivity contribution is 0.536. The monoisotopic (exact) mass is 268 g/mol. The minimum absolute atomic E-state index is 0.227. The van der Waals surface area contributed by atoms with Crippen LogP contribution in [0.5, 0.6) is 0 Å². The molecule has 0 aliphatic heterocycles. The van der Waals surface area contributed by atoms with Crippen molar-refractivity contribution >= 4 is 11.3 Å². The number of halogens is 2. The summed E-state index contributed by atoms with van der Waals surface area (Å²) < 4.78 is 26.3. The normalized spacial score (nSPS) is 11.8. The lowest BCUT2D eigenvalue weighted by Crippen LogP contribution is -2.27. The lowest BCUT2D eigenvalue weighted by atomic mass is 9.95. The van der Waals surface area contributed by atoms with Crippen molar-refractivity contribution < 1.29 is 8.78 Å². The van der Waals surface area contributed by atoms with Gasteiger partial charge in [0.1, 0.15) is 16.6 Å². The predicted molar refractivity (Wildman–Crippen MR) is 69.5 cm³/mol. The number of benzene rings is 1. The summed E-state index contributed by atoms with van der Waals surface area (Å²) in [7, 11) is 0. The second-order valence-electron chi connectivity index (χ2n) is 4.78. The molecular formula is C13H14F2N2S. The average Bonchev–Trinajstić information content (AvgIpc) is 2.77. The van der Waals surface area contributed by atoms with E-state index in [1.165, 1.54) is 23.5 Å². The Morgan fingerprint density at radius 3 is 2.39 bits per heavy atom. The third kappa shape index (κ3) is 2.57. The van der Waals surface area contributed by atoms with Crippen molar-refractivity contribution in [3.05, 3.63) is 40.2 Å². The fourth-order valence-electron chi connectivity index (χ4n) is 1.51. The van der Waals surface area contributed by atoms with E-state index < -0.39 is 11.6 Å². The molecule has 18 heavy (non-hydrogen) atoms. The van der Waals surface area contributed by atoms with E-state index in [9.17, 15) is 8.78 Å². The molecule has 0 aliphatic carbocycles. The fourth-order valence-corrected chi connectivity index (χ4v) is 2.47. The molecule has 2 nitrogen and oxygen atoms in total. The fraction of sp³-hybridized carbons (Fsp3) is 0.308. The van der Waals surface area contributed by atoms with E-state index in [0.717, 1.165) is 11.1 Å². The minimum atomic E-state index is -0.599. The molecule has 0 saturated carbocycles. The Bertz CT molecular complexity index is 544. The van der Waals surface area contributed by atoms with Crippen LogP contribution in [0.15, 0.2) is 23.6 Å². The van der Waals surface area contributed by atoms with Crippen LogP contribution in [0.25, 0.3) is 11.3 Å². The van der Waals surface area contributed by atoms with Gasteiger partial charge in [-0.25, -0.2) is 13.8 Å². The van der Waals surface area contributed by atoms with E-state index in [-0.39, 0.29) is 5.41 Å². The van der Waals surface area contributed by atoms with Crippen LogP contribution >= 0.6 is 11.3 Å². The zero-order valence-corrected chi connectivity index (χ0v) is 11.0. The zero-order chi connectivity index (χ0) is 13.3. The highest BCUT2D eigenvalue weighted by atomic mass is 32.1. The SMILES string of the molecule is CC(C)(CN)c1nc(-c2cc(F)cc(F)c2)cs1. The molecule has 0 fully saturated rings. The Labute approximate surface area is 108 Å². The first-order chi connectivity index (χ1) is 8.42. The zero-order valence-electron chi connectivity index (χ0n) is 10.2. The first-order valence-corrected chi connectivity index (χ1v) is 6.43. The number of nitrogens with zero attached hydrogens (tertiary/aromatic N) is 1. The maximum absolute atomic E-state index is 13.1. The topological polar surface area (TPSA) is 38.9 Å². The van der Waals surface area contributed by atoms with Crippen molar-refractivity contribution in [3.63, 3.8) is 0 Å². The Hall–Kier alpha value is -1.33. The highest BCUT2D eigenvalue weighted by molar-refractivity contribution is 7.10. The Morgan fingerprint density at radius 1 is 1.22 bits per heavy atom. The molecule has 0 aliphatic rings. The molecule has 1 aromatic heterocycles. The summed E-state index contributed by atoms with van der Waals surface area (Å²) in [5.41, 5.74) is 6.48. The molecule has 1 aromatic carbocycles. The molecule has 0 unspecified atom stereocenters. The van der Waals surface area contributed by atoms with Crippen LogP contribution in [-0.4, -0.2) is 11.5 Å². The molecule has 0 amide bonds. The maximum atomic E-state index is 13.1. The van der Waals surface area contributed by atoms with Gasteiger partial charge in [0.25, 0.3) is 0 Å². The van der Waals surface area contributed by atoms with Crippen LogP contribution in [-0.2, 0) is 5.41 Å². The highest BCUT2D eigenvalue weighted by Crippen LogP contribution is 2.30. The maximum Gasteiger partial charge on any atom is 0.126 e. The van der Waals surface area contributed by atoms with E-state index in [1.54, 1.807) is 5.38 Å². The molecule has 5 heteroatoms. The van der Waals surface area contributed by atoms with Crippen molar-refractivity contribution in [2.45, 2.75) is 19.3 Å². The van der Waals surface area contributed by atoms with Gasteiger partial charge in [-0.1, -0.05) is 13.8 Å². The van der Waals surface area contributed by atoms with Crippen molar-refractivity contribution in [1.29, 1.82) is 0 Å². The highest BCUT2D eigenvalue weighted by Gasteiger charge is 2.22. The van der Waals surface area contributed by atoms with Gasteiger partial charge < -0.3 is 5.73 Å². The number of nitrogens with two attached hydrogens (primary N) is 1. The van der Waals surface area contributed by atoms with Gasteiger partial charge in [-0.2, -0.15) is 0 Å². The third-order valence-corrected chi connectivity index (χ3v) is 3.96. The summed E-state index contributed by atoms with van der Waals surface area (Å²) in [5, 5.41) is 2.66. The van der Waals surface area contributed by atoms with Gasteiger partial charge in [-0.05, 0) is 12.1 Å². The smallest absolute Gasteiger partial charge is 0.126 e. The Kier molecular flexibility index (Phi) is 3.45. The number of aromatic nitrogens is 1. The summed E-state index contributed by atoms with van der Waals surface area (Å²) in [4.78, 5) is 4.41. The van der Waals surface area contributed by atoms with E-state index in [0.29, 0.717) is 17.8 Å². The van der Waals surface area contributed by atoms with Gasteiger partial charge in [0.2, 0.25) is 0 Å². The summed E-state index contributed by atoms with van der Waals surface area (Å²) in [6, 6.07) is 3.40. The molecule has 0 bridgehead atoms. The Balaban J connectivity index is 2.41. The van der Waals surface area contributed by atoms with Crippen LogP contribution in [0.2, 0.25) is 0 Å². The van der Waals surface area contributed by atoms with E-state index in [2.05, 4.69) is 4.98 Å². The summed E-state index contributed by atoms with van der Waals surface area (Å²) in [6.45, 7) is 4.45. The molecule has 2 aromatic rings. The molecule has 2 N–H and O–H groups in total. The number of hydrogen-bond acceptors (Lipinski definition) is 3. The first kappa shape index (κ1) is 13.1. The van der Waals surface area contributed by atoms with Gasteiger partial charge >= 0.3 is 0 Å². The Morgan fingerprint density at radius 2 is 1.83 bits per heavy atom. The van der Waals surface area contributed by atoms with Gasteiger partial charge in [0.15, 0.2) is 0 Å². The number of thiazole rings is 1. The quantitative estimate of drug-likeness (QED) is 0.927. The van der Waals surface area contributed by atoms with Gasteiger partial charge in [-0.15, -0.1) is 11.3 Å². The average molecular weight is 268 g/mol. The largest absolute Gasteiger partial charge is 0.330 e. The van der Waals surface area contributed by atoms with Crippen LogP contribution in [0, 0.1) is 11.6 Å². The van der Waals surface area contributed by atoms with Crippen LogP contribution in [0.3, 0.4) is 0 Å². The molecule has 0 spiro atoms. The molecule has 96 valence electrons. The first-order valence-electron chi connectivity index (χ1n) is 5.55. The number of rotatable bonds is 3. The van der Waals surface area contributed by atoms with Gasteiger partial charge in [0, 0.05) is 29.0 Å². The molecule has 0 atom stereocenters. The van der Waals surface area contributed by atoms with Crippen LogP contribution in [0.1, 0.15) is 18.9 Å². The lowest BCUT2D eigenvalue weighted by Gasteiger charge is -2.18. The second kappa shape index (κ2) is 4.74. The molecule has 0 saturated heterocycles. The van der Waals surface area contributed by atoms with E-state index >= 15 is 0 Å². The molecule has 2 rings (SSSR count). The standard InChI is InChI=1S/C13H14F2N2S/c1-13(2,7-16)12-17-11(6-18-12)8-3-9(14)5-10(15)4-8/h3-6H,7,16H2,1-2H3. The molecule has 1 heterocycles. The minimum Gasteiger partial charge on any atom is -0.330 e. The van der Waals surface area contributed by atoms with E-state index in [1.807, 2.05) is 13.8 Å². The molecule has 0 radical (unpaired) electrons. The third-order valence-electron chi connectivity index (χ3n) is 2.75. The van der Waals surface area contributed by atoms with Crippen molar-refractivity contribution in [2.24, 2.45) is 5.73 Å².